The van der Waals surface area contributed by atoms with Crippen molar-refractivity contribution in [2.45, 2.75) is 25.4 Å². The molecule has 168 valence electrons. The first-order chi connectivity index (χ1) is 15.8. The van der Waals surface area contributed by atoms with Crippen LogP contribution < -0.4 is 0 Å². The lowest BCUT2D eigenvalue weighted by molar-refractivity contribution is -0.145. The molecule has 1 aromatic carbocycles. The summed E-state index contributed by atoms with van der Waals surface area (Å²) in [4.78, 5) is 29.9. The number of likely N-dealkylation sites (tertiary alicyclic amines) is 1. The van der Waals surface area contributed by atoms with E-state index in [0.717, 1.165) is 12.4 Å². The van der Waals surface area contributed by atoms with E-state index in [2.05, 4.69) is 26.0 Å². The van der Waals surface area contributed by atoms with Crippen molar-refractivity contribution < 1.29 is 18.0 Å². The van der Waals surface area contributed by atoms with Gasteiger partial charge in [-0.2, -0.15) is 18.4 Å². The summed E-state index contributed by atoms with van der Waals surface area (Å²) >= 11 is 0. The van der Waals surface area contributed by atoms with Crippen LogP contribution in [0.2, 0.25) is 0 Å². The first kappa shape index (κ1) is 22.3. The lowest BCUT2D eigenvalue weighted by atomic mass is 9.75. The summed E-state index contributed by atoms with van der Waals surface area (Å²) in [6.45, 7) is 0.706. The minimum Gasteiger partial charge on any atom is -0.339 e. The van der Waals surface area contributed by atoms with E-state index in [-0.39, 0.29) is 12.3 Å². The highest BCUT2D eigenvalue weighted by Gasteiger charge is 2.38. The molecule has 4 rings (SSSR count). The first-order valence-electron chi connectivity index (χ1n) is 10.3. The fourth-order valence-electron chi connectivity index (χ4n) is 3.96. The molecule has 3 aromatic rings. The van der Waals surface area contributed by atoms with Gasteiger partial charge in [0.2, 0.25) is 5.82 Å². The lowest BCUT2D eigenvalue weighted by Gasteiger charge is -2.37. The lowest BCUT2D eigenvalue weighted by Crippen LogP contribution is -2.43. The number of piperidine rings is 1. The van der Waals surface area contributed by atoms with E-state index in [9.17, 15) is 23.2 Å². The molecule has 2 aromatic heterocycles. The van der Waals surface area contributed by atoms with Crippen LogP contribution in [0.4, 0.5) is 13.2 Å². The number of aromatic nitrogens is 4. The van der Waals surface area contributed by atoms with Crippen molar-refractivity contribution in [2.75, 3.05) is 13.1 Å². The molecule has 1 fully saturated rings. The molecule has 7 nitrogen and oxygen atoms in total. The normalized spacial score (nSPS) is 15.6. The number of nitrogens with zero attached hydrogens (tertiary/aromatic N) is 6. The van der Waals surface area contributed by atoms with E-state index in [1.54, 1.807) is 29.3 Å². The van der Waals surface area contributed by atoms with Gasteiger partial charge >= 0.3 is 6.18 Å². The number of rotatable bonds is 4. The highest BCUT2D eigenvalue weighted by atomic mass is 19.4. The maximum Gasteiger partial charge on any atom is 0.451 e. The van der Waals surface area contributed by atoms with Gasteiger partial charge in [-0.25, -0.2) is 19.9 Å². The van der Waals surface area contributed by atoms with Gasteiger partial charge in [-0.05, 0) is 37.0 Å². The maximum absolute atomic E-state index is 13.3. The second kappa shape index (κ2) is 8.94. The van der Waals surface area contributed by atoms with Crippen molar-refractivity contribution >= 4 is 5.91 Å². The smallest absolute Gasteiger partial charge is 0.339 e. The summed E-state index contributed by atoms with van der Waals surface area (Å²) in [6.07, 6.45) is 1.66. The summed E-state index contributed by atoms with van der Waals surface area (Å²) in [5.41, 5.74) is 1.50. The average Bonchev–Trinajstić information content (AvgIpc) is 2.84. The van der Waals surface area contributed by atoms with Crippen molar-refractivity contribution in [3.8, 4) is 17.3 Å². The number of halogens is 3. The number of benzene rings is 1. The monoisotopic (exact) mass is 452 g/mol. The molecule has 10 heteroatoms. The molecule has 0 N–H and O–H groups in total. The predicted molar refractivity (Wildman–Crippen MR) is 111 cm³/mol. The van der Waals surface area contributed by atoms with E-state index in [1.807, 2.05) is 12.1 Å². The van der Waals surface area contributed by atoms with Gasteiger partial charge in [0.05, 0.1) is 17.2 Å². The highest BCUT2D eigenvalue weighted by molar-refractivity contribution is 6.00. The standard InChI is InChI=1S/C23H19F3N6O/c24-23(25,26)21-29-12-16(13-30-21)11-22(14-27)6-9-32(10-7-22)20(33)18-4-2-1-3-17(18)19-5-8-28-15-31-19/h1-5,8,12-13,15H,6-7,9-11H2. The summed E-state index contributed by atoms with van der Waals surface area (Å²) in [6, 6.07) is 11.2. The van der Waals surface area contributed by atoms with E-state index in [4.69, 9.17) is 0 Å². The molecule has 0 atom stereocenters. The van der Waals surface area contributed by atoms with Gasteiger partial charge in [-0.15, -0.1) is 0 Å². The van der Waals surface area contributed by atoms with Crippen LogP contribution in [0, 0.1) is 16.7 Å². The zero-order valence-electron chi connectivity index (χ0n) is 17.5. The van der Waals surface area contributed by atoms with E-state index in [0.29, 0.717) is 48.3 Å². The number of nitriles is 1. The molecule has 1 aliphatic heterocycles. The number of carbonyl (C=O) groups excluding carboxylic acids is 1. The van der Waals surface area contributed by atoms with Crippen molar-refractivity contribution in [3.05, 3.63) is 72.2 Å². The molecule has 1 aliphatic rings. The molecule has 0 unspecified atom stereocenters. The maximum atomic E-state index is 13.3. The van der Waals surface area contributed by atoms with E-state index < -0.39 is 17.4 Å². The third-order valence-electron chi connectivity index (χ3n) is 5.76. The Bertz CT molecular complexity index is 1170. The molecule has 33 heavy (non-hydrogen) atoms. The van der Waals surface area contributed by atoms with Crippen LogP contribution in [0.5, 0.6) is 0 Å². The van der Waals surface area contributed by atoms with Crippen molar-refractivity contribution in [1.82, 2.24) is 24.8 Å². The van der Waals surface area contributed by atoms with Gasteiger partial charge in [-0.3, -0.25) is 4.79 Å². The van der Waals surface area contributed by atoms with Crippen LogP contribution in [0.15, 0.2) is 55.2 Å². The summed E-state index contributed by atoms with van der Waals surface area (Å²) in [7, 11) is 0. The summed E-state index contributed by atoms with van der Waals surface area (Å²) in [5, 5.41) is 9.83. The Hall–Kier alpha value is -3.87. The molecule has 3 heterocycles. The molecule has 1 amide bonds. The number of amides is 1. The molecule has 0 bridgehead atoms. The van der Waals surface area contributed by atoms with Crippen LogP contribution in [0.3, 0.4) is 0 Å². The third kappa shape index (κ3) is 4.82. The second-order valence-corrected chi connectivity index (χ2v) is 7.91. The van der Waals surface area contributed by atoms with Gasteiger partial charge in [0.1, 0.15) is 6.33 Å². The Morgan fingerprint density at radius 1 is 1.09 bits per heavy atom. The number of hydrogen-bond donors (Lipinski definition) is 0. The van der Waals surface area contributed by atoms with Gasteiger partial charge in [0, 0.05) is 42.8 Å². The van der Waals surface area contributed by atoms with Gasteiger partial charge in [0.15, 0.2) is 0 Å². The molecule has 0 aliphatic carbocycles. The summed E-state index contributed by atoms with van der Waals surface area (Å²) in [5.74, 6) is -1.37. The molecule has 0 saturated carbocycles. The Morgan fingerprint density at radius 3 is 2.39 bits per heavy atom. The average molecular weight is 452 g/mol. The molecule has 0 radical (unpaired) electrons. The zero-order valence-corrected chi connectivity index (χ0v) is 17.5. The first-order valence-corrected chi connectivity index (χ1v) is 10.3. The highest BCUT2D eigenvalue weighted by Crippen LogP contribution is 2.36. The molecular weight excluding hydrogens is 433 g/mol. The number of carbonyl (C=O) groups is 1. The zero-order chi connectivity index (χ0) is 23.5. The van der Waals surface area contributed by atoms with Crippen LogP contribution in [-0.2, 0) is 12.6 Å². The fraction of sp³-hybridized carbons (Fsp3) is 0.304. The molecular formula is C23H19F3N6O. The van der Waals surface area contributed by atoms with E-state index in [1.165, 1.54) is 6.33 Å². The van der Waals surface area contributed by atoms with Crippen molar-refractivity contribution in [3.63, 3.8) is 0 Å². The van der Waals surface area contributed by atoms with Gasteiger partial charge < -0.3 is 4.90 Å². The van der Waals surface area contributed by atoms with Gasteiger partial charge in [-0.1, -0.05) is 18.2 Å². The number of alkyl halides is 3. The SMILES string of the molecule is N#CC1(Cc2cnc(C(F)(F)F)nc2)CCN(C(=O)c2ccccc2-c2ccncn2)CC1. The van der Waals surface area contributed by atoms with Crippen molar-refractivity contribution in [2.24, 2.45) is 5.41 Å². The Balaban J connectivity index is 1.47. The molecule has 0 spiro atoms. The Morgan fingerprint density at radius 2 is 1.79 bits per heavy atom. The van der Waals surface area contributed by atoms with E-state index >= 15 is 0 Å². The third-order valence-corrected chi connectivity index (χ3v) is 5.76. The van der Waals surface area contributed by atoms with Crippen LogP contribution in [0.25, 0.3) is 11.3 Å². The Labute approximate surface area is 188 Å². The quantitative estimate of drug-likeness (QED) is 0.595. The van der Waals surface area contributed by atoms with Gasteiger partial charge in [0.25, 0.3) is 5.91 Å². The number of hydrogen-bond acceptors (Lipinski definition) is 6. The minimum absolute atomic E-state index is 0.159. The molecule has 1 saturated heterocycles. The largest absolute Gasteiger partial charge is 0.451 e. The van der Waals surface area contributed by atoms with Crippen molar-refractivity contribution in [1.29, 1.82) is 5.26 Å². The topological polar surface area (TPSA) is 95.7 Å². The summed E-state index contributed by atoms with van der Waals surface area (Å²) < 4.78 is 38.1. The van der Waals surface area contributed by atoms with Crippen LogP contribution in [0.1, 0.15) is 34.6 Å². The van der Waals surface area contributed by atoms with Crippen LogP contribution in [-0.4, -0.2) is 43.8 Å². The second-order valence-electron chi connectivity index (χ2n) is 7.91. The fourth-order valence-corrected chi connectivity index (χ4v) is 3.96. The minimum atomic E-state index is -4.61. The Kier molecular flexibility index (Phi) is 6.05. The van der Waals surface area contributed by atoms with Crippen LogP contribution >= 0.6 is 0 Å². The predicted octanol–water partition coefficient (Wildman–Crippen LogP) is 3.94.